The number of hydrogen-bond acceptors (Lipinski definition) is 4. The van der Waals surface area contributed by atoms with Gasteiger partial charge in [0.15, 0.2) is 0 Å². The number of anilines is 1. The molecule has 3 rings (SSSR count). The third-order valence-corrected chi connectivity index (χ3v) is 5.95. The van der Waals surface area contributed by atoms with Gasteiger partial charge in [0.05, 0.1) is 26.8 Å². The number of nitrogens with zero attached hydrogens (tertiary/aromatic N) is 1. The second-order valence-electron chi connectivity index (χ2n) is 7.07. The molecule has 1 N–H and O–H groups in total. The summed E-state index contributed by atoms with van der Waals surface area (Å²) in [5, 5.41) is 2.62. The Kier molecular flexibility index (Phi) is 7.47. The highest BCUT2D eigenvalue weighted by Gasteiger charge is 2.37. The van der Waals surface area contributed by atoms with E-state index in [-0.39, 0.29) is 27.2 Å². The minimum absolute atomic E-state index is 0.169. The van der Waals surface area contributed by atoms with Crippen LogP contribution in [0, 0.1) is 5.92 Å². The molecule has 0 atom stereocenters. The van der Waals surface area contributed by atoms with E-state index in [1.165, 1.54) is 24.3 Å². The molecule has 1 heterocycles. The zero-order valence-corrected chi connectivity index (χ0v) is 21.0. The van der Waals surface area contributed by atoms with Crippen LogP contribution < -0.4 is 15.0 Å². The molecule has 2 aromatic rings. The molecule has 0 bridgehead atoms. The fourth-order valence-electron chi connectivity index (χ4n) is 2.76. The van der Waals surface area contributed by atoms with Crippen molar-refractivity contribution in [1.29, 1.82) is 0 Å². The number of ether oxygens (including phenoxy) is 1. The summed E-state index contributed by atoms with van der Waals surface area (Å²) in [6.07, 6.45) is 1.39. The number of amides is 4. The Bertz CT molecular complexity index is 1120. The number of carbonyl (C=O) groups is 3. The van der Waals surface area contributed by atoms with Crippen molar-refractivity contribution >= 4 is 84.7 Å². The Morgan fingerprint density at radius 2 is 1.81 bits per heavy atom. The first kappa shape index (κ1) is 23.8. The van der Waals surface area contributed by atoms with E-state index in [1.807, 2.05) is 13.8 Å². The predicted molar refractivity (Wildman–Crippen MR) is 128 cm³/mol. The van der Waals surface area contributed by atoms with Gasteiger partial charge in [-0.05, 0) is 58.3 Å². The largest absolute Gasteiger partial charge is 0.492 e. The molecule has 31 heavy (non-hydrogen) atoms. The maximum atomic E-state index is 13.1. The summed E-state index contributed by atoms with van der Waals surface area (Å²) >= 11 is 18.8. The molecule has 0 aromatic heterocycles. The summed E-state index contributed by atoms with van der Waals surface area (Å²) in [5.41, 5.74) is 0.441. The van der Waals surface area contributed by atoms with Crippen LogP contribution in [-0.2, 0) is 9.59 Å². The van der Waals surface area contributed by atoms with Crippen molar-refractivity contribution in [2.24, 2.45) is 5.92 Å². The molecule has 0 aliphatic carbocycles. The number of benzene rings is 2. The average Bonchev–Trinajstić information content (AvgIpc) is 2.66. The fourth-order valence-corrected chi connectivity index (χ4v) is 4.43. The quantitative estimate of drug-likeness (QED) is 0.331. The van der Waals surface area contributed by atoms with Crippen LogP contribution in [0.15, 0.2) is 44.9 Å². The van der Waals surface area contributed by atoms with Gasteiger partial charge in [-0.2, -0.15) is 0 Å². The number of barbiturate groups is 1. The van der Waals surface area contributed by atoms with Crippen LogP contribution in [0.3, 0.4) is 0 Å². The van der Waals surface area contributed by atoms with Crippen molar-refractivity contribution in [2.45, 2.75) is 13.8 Å². The van der Waals surface area contributed by atoms with Gasteiger partial charge in [-0.25, -0.2) is 9.69 Å². The lowest BCUT2D eigenvalue weighted by Gasteiger charge is -2.26. The standard InChI is InChI=1S/C21H16Br2Cl2N2O4/c1-10(2)9-31-18-11(5-12(22)7-15(18)23)6-14-19(28)26-21(30)27(20(14)29)13-3-4-16(24)17(25)8-13/h3-8,10H,9H2,1-2H3,(H,26,28,30)/b14-6+. The second-order valence-corrected chi connectivity index (χ2v) is 9.65. The van der Waals surface area contributed by atoms with E-state index in [0.717, 1.165) is 4.90 Å². The van der Waals surface area contributed by atoms with E-state index in [1.54, 1.807) is 12.1 Å². The van der Waals surface area contributed by atoms with E-state index >= 15 is 0 Å². The van der Waals surface area contributed by atoms with Crippen molar-refractivity contribution < 1.29 is 19.1 Å². The molecule has 0 saturated carbocycles. The SMILES string of the molecule is CC(C)COc1c(Br)cc(Br)cc1/C=C1\C(=O)NC(=O)N(c2ccc(Cl)c(Cl)c2)C1=O. The number of carbonyl (C=O) groups excluding carboxylic acids is 3. The van der Waals surface area contributed by atoms with Gasteiger partial charge >= 0.3 is 6.03 Å². The molecular formula is C21H16Br2Cl2N2O4. The molecule has 162 valence electrons. The number of hydrogen-bond donors (Lipinski definition) is 1. The molecule has 6 nitrogen and oxygen atoms in total. The Morgan fingerprint density at radius 1 is 1.10 bits per heavy atom. The molecule has 1 saturated heterocycles. The lowest BCUT2D eigenvalue weighted by atomic mass is 10.1. The summed E-state index contributed by atoms with van der Waals surface area (Å²) in [7, 11) is 0. The molecule has 10 heteroatoms. The lowest BCUT2D eigenvalue weighted by molar-refractivity contribution is -0.122. The second kappa shape index (κ2) is 9.73. The van der Waals surface area contributed by atoms with Gasteiger partial charge < -0.3 is 4.74 Å². The monoisotopic (exact) mass is 588 g/mol. The van der Waals surface area contributed by atoms with Gasteiger partial charge in [0, 0.05) is 10.0 Å². The normalized spacial score (nSPS) is 15.6. The highest BCUT2D eigenvalue weighted by Crippen LogP contribution is 2.36. The maximum absolute atomic E-state index is 13.1. The average molecular weight is 591 g/mol. The topological polar surface area (TPSA) is 75.7 Å². The van der Waals surface area contributed by atoms with Gasteiger partial charge in [0.1, 0.15) is 11.3 Å². The third-order valence-electron chi connectivity index (χ3n) is 4.16. The Labute approximate surface area is 205 Å². The summed E-state index contributed by atoms with van der Waals surface area (Å²) in [6.45, 7) is 4.44. The number of rotatable bonds is 5. The summed E-state index contributed by atoms with van der Waals surface area (Å²) in [4.78, 5) is 38.9. The zero-order chi connectivity index (χ0) is 22.9. The predicted octanol–water partition coefficient (Wildman–Crippen LogP) is 6.22. The van der Waals surface area contributed by atoms with Crippen LogP contribution in [0.2, 0.25) is 10.0 Å². The van der Waals surface area contributed by atoms with E-state index in [9.17, 15) is 14.4 Å². The van der Waals surface area contributed by atoms with Gasteiger partial charge in [0.2, 0.25) is 0 Å². The van der Waals surface area contributed by atoms with Crippen LogP contribution in [0.25, 0.3) is 6.08 Å². The van der Waals surface area contributed by atoms with Crippen molar-refractivity contribution in [3.05, 3.63) is 60.5 Å². The fraction of sp³-hybridized carbons (Fsp3) is 0.190. The summed E-state index contributed by atoms with van der Waals surface area (Å²) in [6, 6.07) is 6.94. The Hall–Kier alpha value is -1.87. The van der Waals surface area contributed by atoms with Gasteiger partial charge in [0.25, 0.3) is 11.8 Å². The zero-order valence-electron chi connectivity index (χ0n) is 16.3. The van der Waals surface area contributed by atoms with Crippen molar-refractivity contribution in [3.63, 3.8) is 0 Å². The van der Waals surface area contributed by atoms with E-state index in [4.69, 9.17) is 27.9 Å². The Balaban J connectivity index is 2.07. The van der Waals surface area contributed by atoms with Crippen molar-refractivity contribution in [3.8, 4) is 5.75 Å². The smallest absolute Gasteiger partial charge is 0.335 e. The van der Waals surface area contributed by atoms with Crippen molar-refractivity contribution in [2.75, 3.05) is 11.5 Å². The van der Waals surface area contributed by atoms with E-state index in [0.29, 0.717) is 26.9 Å². The van der Waals surface area contributed by atoms with Crippen molar-refractivity contribution in [1.82, 2.24) is 5.32 Å². The van der Waals surface area contributed by atoms with Crippen LogP contribution in [-0.4, -0.2) is 24.5 Å². The van der Waals surface area contributed by atoms with Gasteiger partial charge in [-0.1, -0.05) is 53.0 Å². The molecular weight excluding hydrogens is 575 g/mol. The summed E-state index contributed by atoms with van der Waals surface area (Å²) in [5.74, 6) is -0.864. The first-order valence-corrected chi connectivity index (χ1v) is 11.4. The van der Waals surface area contributed by atoms with Crippen LogP contribution >= 0.6 is 55.1 Å². The van der Waals surface area contributed by atoms with E-state index in [2.05, 4.69) is 37.2 Å². The number of urea groups is 1. The third kappa shape index (κ3) is 5.31. The minimum atomic E-state index is -0.878. The maximum Gasteiger partial charge on any atom is 0.335 e. The lowest BCUT2D eigenvalue weighted by Crippen LogP contribution is -2.54. The molecule has 1 aliphatic heterocycles. The summed E-state index contributed by atoms with van der Waals surface area (Å²) < 4.78 is 7.25. The van der Waals surface area contributed by atoms with Crippen LogP contribution in [0.5, 0.6) is 5.75 Å². The number of halogens is 4. The van der Waals surface area contributed by atoms with Crippen LogP contribution in [0.1, 0.15) is 19.4 Å². The van der Waals surface area contributed by atoms with Crippen LogP contribution in [0.4, 0.5) is 10.5 Å². The van der Waals surface area contributed by atoms with Gasteiger partial charge in [-0.15, -0.1) is 0 Å². The molecule has 0 spiro atoms. The molecule has 4 amide bonds. The first-order valence-electron chi connectivity index (χ1n) is 9.06. The number of imide groups is 2. The first-order chi connectivity index (χ1) is 14.6. The molecule has 1 fully saturated rings. The molecule has 0 unspecified atom stereocenters. The minimum Gasteiger partial charge on any atom is -0.492 e. The highest BCUT2D eigenvalue weighted by atomic mass is 79.9. The molecule has 0 radical (unpaired) electrons. The highest BCUT2D eigenvalue weighted by molar-refractivity contribution is 9.11. The Morgan fingerprint density at radius 3 is 2.45 bits per heavy atom. The molecule has 2 aromatic carbocycles. The van der Waals surface area contributed by atoms with Gasteiger partial charge in [-0.3, -0.25) is 14.9 Å². The van der Waals surface area contributed by atoms with E-state index < -0.39 is 17.8 Å². The number of nitrogens with one attached hydrogen (secondary N) is 1. The molecule has 1 aliphatic rings.